The topological polar surface area (TPSA) is 85.3 Å². The van der Waals surface area contributed by atoms with Crippen molar-refractivity contribution in [3.8, 4) is 0 Å². The number of benzene rings is 1. The van der Waals surface area contributed by atoms with Gasteiger partial charge >= 0.3 is 5.69 Å². The zero-order valence-electron chi connectivity index (χ0n) is 16.9. The highest BCUT2D eigenvalue weighted by Gasteiger charge is 2.25. The van der Waals surface area contributed by atoms with E-state index < -0.39 is 17.4 Å². The van der Waals surface area contributed by atoms with Crippen LogP contribution >= 0.6 is 0 Å². The standard InChI is InChI=1S/C21H27N5O3/c1-23-18-17(19(28)24(2)21(23)29)26(14-16(27)15-10-6-5-7-11-15)20(22-18)25-12-8-3-4-9-13-25/h5-7,10-11,16,27H,3-4,8-9,12-14H2,1-2H3/t16-/m1/s1. The number of aliphatic hydroxyl groups is 1. The molecule has 29 heavy (non-hydrogen) atoms. The lowest BCUT2D eigenvalue weighted by Gasteiger charge is -2.23. The Morgan fingerprint density at radius 2 is 1.66 bits per heavy atom. The second-order valence-corrected chi connectivity index (χ2v) is 7.73. The van der Waals surface area contributed by atoms with Crippen molar-refractivity contribution in [1.29, 1.82) is 0 Å². The molecular weight excluding hydrogens is 370 g/mol. The van der Waals surface area contributed by atoms with Crippen LogP contribution in [0.5, 0.6) is 0 Å². The van der Waals surface area contributed by atoms with Gasteiger partial charge in [0.1, 0.15) is 0 Å². The predicted octanol–water partition coefficient (Wildman–Crippen LogP) is 1.55. The highest BCUT2D eigenvalue weighted by atomic mass is 16.3. The molecule has 4 rings (SSSR count). The van der Waals surface area contributed by atoms with Gasteiger partial charge in [-0.05, 0) is 18.4 Å². The number of aromatic nitrogens is 4. The maximum atomic E-state index is 13.0. The van der Waals surface area contributed by atoms with Gasteiger partial charge in [-0.2, -0.15) is 4.98 Å². The largest absolute Gasteiger partial charge is 0.387 e. The zero-order chi connectivity index (χ0) is 20.5. The second-order valence-electron chi connectivity index (χ2n) is 7.73. The Morgan fingerprint density at radius 1 is 1.00 bits per heavy atom. The Balaban J connectivity index is 1.90. The molecule has 8 heteroatoms. The molecule has 1 atom stereocenters. The molecule has 1 N–H and O–H groups in total. The lowest BCUT2D eigenvalue weighted by Crippen LogP contribution is -2.37. The van der Waals surface area contributed by atoms with Crippen LogP contribution in [-0.4, -0.2) is 36.9 Å². The first-order chi connectivity index (χ1) is 14.0. The molecule has 154 valence electrons. The molecule has 0 saturated carbocycles. The minimum atomic E-state index is -0.790. The number of hydrogen-bond acceptors (Lipinski definition) is 5. The first-order valence-electron chi connectivity index (χ1n) is 10.1. The quantitative estimate of drug-likeness (QED) is 0.722. The minimum Gasteiger partial charge on any atom is -0.387 e. The van der Waals surface area contributed by atoms with E-state index in [0.29, 0.717) is 17.1 Å². The van der Waals surface area contributed by atoms with Gasteiger partial charge in [-0.15, -0.1) is 0 Å². The average molecular weight is 397 g/mol. The van der Waals surface area contributed by atoms with Crippen molar-refractivity contribution in [2.24, 2.45) is 14.1 Å². The Labute approximate surface area is 168 Å². The van der Waals surface area contributed by atoms with E-state index in [0.717, 1.165) is 36.1 Å². The monoisotopic (exact) mass is 397 g/mol. The molecule has 0 unspecified atom stereocenters. The highest BCUT2D eigenvalue weighted by molar-refractivity contribution is 5.74. The van der Waals surface area contributed by atoms with Crippen molar-refractivity contribution in [3.05, 3.63) is 56.7 Å². The van der Waals surface area contributed by atoms with Crippen LogP contribution in [0.1, 0.15) is 37.4 Å². The molecule has 1 aliphatic rings. The summed E-state index contributed by atoms with van der Waals surface area (Å²) in [4.78, 5) is 32.3. The minimum absolute atomic E-state index is 0.194. The summed E-state index contributed by atoms with van der Waals surface area (Å²) < 4.78 is 4.30. The number of fused-ring (bicyclic) bond motifs is 1. The second kappa shape index (κ2) is 7.87. The Kier molecular flexibility index (Phi) is 5.27. The van der Waals surface area contributed by atoms with Crippen molar-refractivity contribution in [2.75, 3.05) is 18.0 Å². The summed E-state index contributed by atoms with van der Waals surface area (Å²) in [5.74, 6) is 0.648. The van der Waals surface area contributed by atoms with Crippen molar-refractivity contribution in [3.63, 3.8) is 0 Å². The summed E-state index contributed by atoms with van der Waals surface area (Å²) in [5, 5.41) is 10.9. The lowest BCUT2D eigenvalue weighted by molar-refractivity contribution is 0.158. The van der Waals surface area contributed by atoms with Crippen molar-refractivity contribution in [2.45, 2.75) is 38.3 Å². The zero-order valence-corrected chi connectivity index (χ0v) is 16.9. The van der Waals surface area contributed by atoms with Crippen LogP contribution in [0.4, 0.5) is 5.95 Å². The molecule has 1 fully saturated rings. The summed E-state index contributed by atoms with van der Waals surface area (Å²) in [6.45, 7) is 1.89. The molecule has 0 aliphatic carbocycles. The first kappa shape index (κ1) is 19.4. The molecule has 0 amide bonds. The maximum Gasteiger partial charge on any atom is 0.332 e. The number of nitrogens with zero attached hydrogens (tertiary/aromatic N) is 5. The third-order valence-electron chi connectivity index (χ3n) is 5.76. The van der Waals surface area contributed by atoms with Gasteiger partial charge in [-0.1, -0.05) is 43.2 Å². The summed E-state index contributed by atoms with van der Waals surface area (Å²) in [7, 11) is 3.10. The van der Waals surface area contributed by atoms with E-state index in [1.165, 1.54) is 24.5 Å². The summed E-state index contributed by atoms with van der Waals surface area (Å²) in [5.41, 5.74) is 0.689. The van der Waals surface area contributed by atoms with Crippen LogP contribution in [0.3, 0.4) is 0 Å². The Bertz CT molecular complexity index is 1120. The Morgan fingerprint density at radius 3 is 2.31 bits per heavy atom. The van der Waals surface area contributed by atoms with Crippen molar-refractivity contribution >= 4 is 17.1 Å². The third kappa shape index (κ3) is 3.48. The van der Waals surface area contributed by atoms with E-state index in [2.05, 4.69) is 4.90 Å². The van der Waals surface area contributed by atoms with Gasteiger partial charge in [0.05, 0.1) is 12.6 Å². The van der Waals surface area contributed by atoms with Gasteiger partial charge in [-0.25, -0.2) is 4.79 Å². The lowest BCUT2D eigenvalue weighted by atomic mass is 10.1. The number of rotatable bonds is 4. The van der Waals surface area contributed by atoms with Gasteiger partial charge in [0.25, 0.3) is 5.56 Å². The molecular formula is C21H27N5O3. The van der Waals surface area contributed by atoms with Gasteiger partial charge in [0, 0.05) is 27.2 Å². The predicted molar refractivity (Wildman–Crippen MR) is 112 cm³/mol. The van der Waals surface area contributed by atoms with Crippen LogP contribution in [0.15, 0.2) is 39.9 Å². The third-order valence-corrected chi connectivity index (χ3v) is 5.76. The van der Waals surface area contributed by atoms with Gasteiger partial charge in [0.15, 0.2) is 11.2 Å². The van der Waals surface area contributed by atoms with E-state index in [4.69, 9.17) is 4.98 Å². The van der Waals surface area contributed by atoms with Crippen LogP contribution in [0.2, 0.25) is 0 Å². The van der Waals surface area contributed by atoms with E-state index in [1.54, 1.807) is 11.6 Å². The normalized spacial score (nSPS) is 16.2. The summed E-state index contributed by atoms with van der Waals surface area (Å²) in [6.07, 6.45) is 3.66. The number of aryl methyl sites for hydroxylation is 1. The Hall–Kier alpha value is -2.87. The molecule has 3 aromatic rings. The first-order valence-corrected chi connectivity index (χ1v) is 10.1. The van der Waals surface area contributed by atoms with Gasteiger partial charge in [-0.3, -0.25) is 13.9 Å². The molecule has 3 heterocycles. The number of hydrogen-bond donors (Lipinski definition) is 1. The number of aliphatic hydroxyl groups excluding tert-OH is 1. The maximum absolute atomic E-state index is 13.0. The van der Waals surface area contributed by atoms with Crippen molar-refractivity contribution < 1.29 is 5.11 Å². The molecule has 0 radical (unpaired) electrons. The van der Waals surface area contributed by atoms with Crippen LogP contribution in [-0.2, 0) is 20.6 Å². The van der Waals surface area contributed by atoms with E-state index >= 15 is 0 Å². The molecule has 2 aromatic heterocycles. The van der Waals surface area contributed by atoms with Gasteiger partial charge < -0.3 is 14.6 Å². The SMILES string of the molecule is Cn1c(=O)c2c(nc(N3CCCCCC3)n2C[C@@H](O)c2ccccc2)n(C)c1=O. The van der Waals surface area contributed by atoms with E-state index in [-0.39, 0.29) is 6.54 Å². The molecule has 8 nitrogen and oxygen atoms in total. The highest BCUT2D eigenvalue weighted by Crippen LogP contribution is 2.26. The van der Waals surface area contributed by atoms with E-state index in [1.807, 2.05) is 30.3 Å². The van der Waals surface area contributed by atoms with E-state index in [9.17, 15) is 14.7 Å². The number of imidazole rings is 1. The van der Waals surface area contributed by atoms with Crippen LogP contribution < -0.4 is 16.1 Å². The fourth-order valence-corrected chi connectivity index (χ4v) is 4.07. The van der Waals surface area contributed by atoms with Crippen LogP contribution in [0, 0.1) is 0 Å². The van der Waals surface area contributed by atoms with Gasteiger partial charge in [0.2, 0.25) is 5.95 Å². The number of anilines is 1. The molecule has 0 bridgehead atoms. The summed E-state index contributed by atoms with van der Waals surface area (Å²) in [6, 6.07) is 9.38. The molecule has 1 aliphatic heterocycles. The average Bonchev–Trinajstić information content (AvgIpc) is 2.91. The molecule has 1 saturated heterocycles. The van der Waals surface area contributed by atoms with Crippen LogP contribution in [0.25, 0.3) is 11.2 Å². The smallest absolute Gasteiger partial charge is 0.332 e. The van der Waals surface area contributed by atoms with Crippen molar-refractivity contribution in [1.82, 2.24) is 18.7 Å². The molecule has 0 spiro atoms. The fraction of sp³-hybridized carbons (Fsp3) is 0.476. The summed E-state index contributed by atoms with van der Waals surface area (Å²) >= 11 is 0. The molecule has 1 aromatic carbocycles. The fourth-order valence-electron chi connectivity index (χ4n) is 4.07.